The van der Waals surface area contributed by atoms with Crippen LogP contribution in [0.25, 0.3) is 6.08 Å². The predicted molar refractivity (Wildman–Crippen MR) is 76.4 cm³/mol. The summed E-state index contributed by atoms with van der Waals surface area (Å²) in [6, 6.07) is 10.8. The molecule has 0 aromatic heterocycles. The van der Waals surface area contributed by atoms with E-state index >= 15 is 0 Å². The van der Waals surface area contributed by atoms with E-state index in [4.69, 9.17) is 0 Å². The van der Waals surface area contributed by atoms with Crippen LogP contribution in [0.2, 0.25) is 0 Å². The number of likely N-dealkylation sites (tertiary alicyclic amines) is 1. The maximum absolute atomic E-state index is 9.40. The van der Waals surface area contributed by atoms with Crippen molar-refractivity contribution in [3.8, 4) is 0 Å². The lowest BCUT2D eigenvalue weighted by molar-refractivity contribution is 0.0988. The highest BCUT2D eigenvalue weighted by molar-refractivity contribution is 5.52. The Hall–Kier alpha value is -1.12. The van der Waals surface area contributed by atoms with Crippen molar-refractivity contribution in [1.29, 1.82) is 0 Å². The van der Waals surface area contributed by atoms with Crippen LogP contribution in [0.5, 0.6) is 0 Å². The summed E-state index contributed by atoms with van der Waals surface area (Å²) >= 11 is 0. The molecule has 2 heteroatoms. The van der Waals surface area contributed by atoms with E-state index in [1.54, 1.807) is 0 Å². The summed E-state index contributed by atoms with van der Waals surface area (Å²) in [5, 5.41) is 9.40. The Bertz CT molecular complexity index is 385. The van der Waals surface area contributed by atoms with E-state index in [-0.39, 0.29) is 0 Å². The molecule has 1 fully saturated rings. The first kappa shape index (κ1) is 13.3. The highest BCUT2D eigenvalue weighted by Gasteiger charge is 2.21. The Morgan fingerprint density at radius 1 is 1.33 bits per heavy atom. The van der Waals surface area contributed by atoms with E-state index in [0.29, 0.717) is 12.6 Å². The molecule has 18 heavy (non-hydrogen) atoms. The first-order chi connectivity index (χ1) is 8.79. The Morgan fingerprint density at radius 2 is 2.11 bits per heavy atom. The third kappa shape index (κ3) is 3.69. The molecular formula is C16H23NO. The van der Waals surface area contributed by atoms with Gasteiger partial charge in [0.2, 0.25) is 0 Å². The normalized spacial score (nSPS) is 22.1. The average molecular weight is 245 g/mol. The second-order valence-corrected chi connectivity index (χ2v) is 5.20. The average Bonchev–Trinajstić information content (AvgIpc) is 2.40. The van der Waals surface area contributed by atoms with Crippen LogP contribution >= 0.6 is 0 Å². The number of benzene rings is 1. The summed E-state index contributed by atoms with van der Waals surface area (Å²) in [6.07, 6.45) is 5.89. The smallest absolute Gasteiger partial charge is 0.0586 e. The molecule has 0 unspecified atom stereocenters. The van der Waals surface area contributed by atoms with E-state index in [1.807, 2.05) is 6.07 Å². The third-order valence-corrected chi connectivity index (χ3v) is 3.62. The summed E-state index contributed by atoms with van der Waals surface area (Å²) in [6.45, 7) is 4.56. The number of rotatable bonds is 4. The van der Waals surface area contributed by atoms with Crippen molar-refractivity contribution in [3.63, 3.8) is 0 Å². The molecule has 1 aliphatic rings. The van der Waals surface area contributed by atoms with Crippen LogP contribution < -0.4 is 0 Å². The second kappa shape index (κ2) is 6.72. The van der Waals surface area contributed by atoms with Crippen LogP contribution in [0.1, 0.15) is 31.7 Å². The number of piperidine rings is 1. The summed E-state index contributed by atoms with van der Waals surface area (Å²) in [5.74, 6) is 0. The molecule has 0 aliphatic carbocycles. The Morgan fingerprint density at radius 3 is 2.83 bits per heavy atom. The third-order valence-electron chi connectivity index (χ3n) is 3.62. The molecule has 0 saturated carbocycles. The van der Waals surface area contributed by atoms with Gasteiger partial charge < -0.3 is 5.11 Å². The van der Waals surface area contributed by atoms with E-state index in [0.717, 1.165) is 19.5 Å². The highest BCUT2D eigenvalue weighted by atomic mass is 16.3. The van der Waals surface area contributed by atoms with Crippen LogP contribution in [0, 0.1) is 0 Å². The molecule has 0 radical (unpaired) electrons. The van der Waals surface area contributed by atoms with Gasteiger partial charge in [-0.2, -0.15) is 0 Å². The number of hydrogen-bond acceptors (Lipinski definition) is 2. The minimum Gasteiger partial charge on any atom is -0.395 e. The highest BCUT2D eigenvalue weighted by Crippen LogP contribution is 2.18. The Balaban J connectivity index is 1.97. The second-order valence-electron chi connectivity index (χ2n) is 5.20. The van der Waals surface area contributed by atoms with Gasteiger partial charge in [0.25, 0.3) is 0 Å². The summed E-state index contributed by atoms with van der Waals surface area (Å²) in [5.41, 5.74) is 2.62. The van der Waals surface area contributed by atoms with E-state index < -0.39 is 0 Å². The number of aliphatic hydroxyl groups excluding tert-OH is 1. The molecule has 0 bridgehead atoms. The van der Waals surface area contributed by atoms with Gasteiger partial charge in [-0.15, -0.1) is 0 Å². The van der Waals surface area contributed by atoms with Crippen LogP contribution in [-0.4, -0.2) is 35.7 Å². The van der Waals surface area contributed by atoms with Gasteiger partial charge in [-0.1, -0.05) is 48.4 Å². The van der Waals surface area contributed by atoms with Gasteiger partial charge in [0.1, 0.15) is 0 Å². The zero-order valence-electron chi connectivity index (χ0n) is 11.2. The molecule has 0 amide bonds. The van der Waals surface area contributed by atoms with Crippen LogP contribution in [-0.2, 0) is 0 Å². The largest absolute Gasteiger partial charge is 0.395 e. The lowest BCUT2D eigenvalue weighted by Crippen LogP contribution is -2.42. The first-order valence-corrected chi connectivity index (χ1v) is 6.86. The zero-order chi connectivity index (χ0) is 12.8. The zero-order valence-corrected chi connectivity index (χ0v) is 11.2. The lowest BCUT2D eigenvalue weighted by Gasteiger charge is -2.34. The maximum atomic E-state index is 9.40. The quantitative estimate of drug-likeness (QED) is 0.881. The maximum Gasteiger partial charge on any atom is 0.0586 e. The van der Waals surface area contributed by atoms with Crippen molar-refractivity contribution in [1.82, 2.24) is 4.90 Å². The first-order valence-electron chi connectivity index (χ1n) is 6.86. The predicted octanol–water partition coefficient (Wildman–Crippen LogP) is 2.94. The monoisotopic (exact) mass is 245 g/mol. The van der Waals surface area contributed by atoms with Gasteiger partial charge in [0.15, 0.2) is 0 Å². The van der Waals surface area contributed by atoms with Crippen molar-refractivity contribution >= 4 is 6.08 Å². The van der Waals surface area contributed by atoms with Crippen molar-refractivity contribution in [2.45, 2.75) is 32.2 Å². The van der Waals surface area contributed by atoms with Gasteiger partial charge >= 0.3 is 0 Å². The lowest BCUT2D eigenvalue weighted by atomic mass is 10.0. The number of nitrogens with zero attached hydrogens (tertiary/aromatic N) is 1. The molecular weight excluding hydrogens is 222 g/mol. The van der Waals surface area contributed by atoms with Crippen LogP contribution in [0.4, 0.5) is 0 Å². The van der Waals surface area contributed by atoms with E-state index in [1.165, 1.54) is 24.0 Å². The molecule has 98 valence electrons. The fourth-order valence-electron chi connectivity index (χ4n) is 2.67. The van der Waals surface area contributed by atoms with Crippen molar-refractivity contribution < 1.29 is 5.11 Å². The van der Waals surface area contributed by atoms with Gasteiger partial charge in [0, 0.05) is 12.6 Å². The van der Waals surface area contributed by atoms with Gasteiger partial charge in [-0.25, -0.2) is 0 Å². The molecule has 1 atom stereocenters. The van der Waals surface area contributed by atoms with Crippen LogP contribution in [0.3, 0.4) is 0 Å². The number of aliphatic hydroxyl groups is 1. The van der Waals surface area contributed by atoms with E-state index in [2.05, 4.69) is 42.2 Å². The standard InChI is InChI=1S/C16H23NO/c1-14(11-15-7-3-2-4-8-15)12-17-10-6-5-9-16(17)13-18/h2-4,7-8,11,16,18H,5-6,9-10,12-13H2,1H3/b14-11+/t16-/m1/s1. The summed E-state index contributed by atoms with van der Waals surface area (Å²) in [4.78, 5) is 2.41. The number of hydrogen-bond donors (Lipinski definition) is 1. The molecule has 1 N–H and O–H groups in total. The Kier molecular flexibility index (Phi) is 4.97. The van der Waals surface area contributed by atoms with E-state index in [9.17, 15) is 5.11 Å². The molecule has 0 spiro atoms. The Labute approximate surface area is 110 Å². The van der Waals surface area contributed by atoms with Gasteiger partial charge in [-0.3, -0.25) is 4.90 Å². The SMILES string of the molecule is C/C(=C\c1ccccc1)CN1CCCC[C@@H]1CO. The van der Waals surface area contributed by atoms with Crippen molar-refractivity contribution in [3.05, 3.63) is 41.5 Å². The molecule has 1 saturated heterocycles. The molecule has 2 nitrogen and oxygen atoms in total. The fraction of sp³-hybridized carbons (Fsp3) is 0.500. The fourth-order valence-corrected chi connectivity index (χ4v) is 2.67. The molecule has 2 rings (SSSR count). The molecule has 1 aromatic carbocycles. The molecule has 1 aromatic rings. The van der Waals surface area contributed by atoms with Crippen LogP contribution in [0.15, 0.2) is 35.9 Å². The molecule has 1 heterocycles. The summed E-state index contributed by atoms with van der Waals surface area (Å²) in [7, 11) is 0. The summed E-state index contributed by atoms with van der Waals surface area (Å²) < 4.78 is 0. The topological polar surface area (TPSA) is 23.5 Å². The van der Waals surface area contributed by atoms with Crippen molar-refractivity contribution in [2.24, 2.45) is 0 Å². The van der Waals surface area contributed by atoms with Gasteiger partial charge in [0.05, 0.1) is 6.61 Å². The molecule has 1 aliphatic heterocycles. The van der Waals surface area contributed by atoms with Crippen molar-refractivity contribution in [2.75, 3.05) is 19.7 Å². The van der Waals surface area contributed by atoms with Gasteiger partial charge in [-0.05, 0) is 31.9 Å². The minimum absolute atomic E-state index is 0.290. The minimum atomic E-state index is 0.290.